The van der Waals surface area contributed by atoms with E-state index in [0.717, 1.165) is 23.2 Å². The lowest BCUT2D eigenvalue weighted by Crippen LogP contribution is -2.37. The summed E-state index contributed by atoms with van der Waals surface area (Å²) in [6, 6.07) is 3.40. The first-order chi connectivity index (χ1) is 10.9. The van der Waals surface area contributed by atoms with Crippen molar-refractivity contribution < 1.29 is 18.0 Å². The average Bonchev–Trinajstić information content (AvgIpc) is 3.16. The van der Waals surface area contributed by atoms with Crippen LogP contribution in [0.1, 0.15) is 27.9 Å². The maximum Gasteiger partial charge on any atom is 0.253 e. The minimum absolute atomic E-state index is 0.0410. The summed E-state index contributed by atoms with van der Waals surface area (Å²) in [6.45, 7) is 0.690. The van der Waals surface area contributed by atoms with Crippen molar-refractivity contribution in [2.24, 2.45) is 0 Å². The van der Waals surface area contributed by atoms with Crippen LogP contribution < -0.4 is 4.90 Å². The van der Waals surface area contributed by atoms with E-state index in [1.165, 1.54) is 0 Å². The molecule has 0 aromatic heterocycles. The van der Waals surface area contributed by atoms with Crippen molar-refractivity contribution >= 4 is 27.3 Å². The molecule has 6 nitrogen and oxygen atoms in total. The summed E-state index contributed by atoms with van der Waals surface area (Å²) >= 11 is 0. The van der Waals surface area contributed by atoms with Gasteiger partial charge >= 0.3 is 0 Å². The van der Waals surface area contributed by atoms with Gasteiger partial charge in [0.15, 0.2) is 9.84 Å². The van der Waals surface area contributed by atoms with Crippen LogP contribution >= 0.6 is 0 Å². The molecule has 0 saturated carbocycles. The number of carbonyl (C=O) groups is 2. The predicted octanol–water partition coefficient (Wildman–Crippen LogP) is 0.391. The molecule has 4 rings (SSSR count). The van der Waals surface area contributed by atoms with Gasteiger partial charge in [0.05, 0.1) is 23.6 Å². The van der Waals surface area contributed by atoms with Crippen molar-refractivity contribution in [1.29, 1.82) is 0 Å². The Morgan fingerprint density at radius 2 is 2.04 bits per heavy atom. The highest BCUT2D eigenvalue weighted by Gasteiger charge is 2.36. The SMILES string of the molecule is CN(C(=O)c1cc2c3c(c1)CC(=O)N3CC2)C1CCS(=O)(=O)C1. The third-order valence-electron chi connectivity index (χ3n) is 5.11. The number of anilines is 1. The maximum absolute atomic E-state index is 12.7. The molecule has 1 aromatic carbocycles. The highest BCUT2D eigenvalue weighted by atomic mass is 32.2. The number of hydrogen-bond donors (Lipinski definition) is 0. The van der Waals surface area contributed by atoms with E-state index < -0.39 is 9.84 Å². The van der Waals surface area contributed by atoms with Gasteiger partial charge in [-0.15, -0.1) is 0 Å². The van der Waals surface area contributed by atoms with Gasteiger partial charge in [0.1, 0.15) is 0 Å². The minimum Gasteiger partial charge on any atom is -0.338 e. The summed E-state index contributed by atoms with van der Waals surface area (Å²) in [5, 5.41) is 0. The first-order valence-corrected chi connectivity index (χ1v) is 9.61. The molecule has 1 unspecified atom stereocenters. The number of hydrogen-bond acceptors (Lipinski definition) is 4. The van der Waals surface area contributed by atoms with E-state index in [2.05, 4.69) is 0 Å². The zero-order valence-electron chi connectivity index (χ0n) is 12.9. The molecule has 3 aliphatic heterocycles. The van der Waals surface area contributed by atoms with Crippen molar-refractivity contribution in [2.75, 3.05) is 30.0 Å². The van der Waals surface area contributed by atoms with E-state index in [1.54, 1.807) is 22.9 Å². The molecule has 0 N–H and O–H groups in total. The molecule has 3 aliphatic rings. The lowest BCUT2D eigenvalue weighted by molar-refractivity contribution is -0.117. The molecule has 7 heteroatoms. The van der Waals surface area contributed by atoms with Crippen molar-refractivity contribution in [3.05, 3.63) is 28.8 Å². The van der Waals surface area contributed by atoms with Crippen LogP contribution in [0.3, 0.4) is 0 Å². The molecule has 0 bridgehead atoms. The lowest BCUT2D eigenvalue weighted by atomic mass is 10.0. The molecule has 1 saturated heterocycles. The molecule has 0 spiro atoms. The molecular weight excluding hydrogens is 316 g/mol. The standard InChI is InChI=1S/C16H18N2O4S/c1-17(13-3-5-23(21,22)9-13)16(20)12-6-10-2-4-18-14(19)8-11(7-12)15(10)18/h6-7,13H,2-5,8-9H2,1H3. The molecule has 1 atom stereocenters. The van der Waals surface area contributed by atoms with Gasteiger partial charge in [-0.2, -0.15) is 0 Å². The Morgan fingerprint density at radius 3 is 2.74 bits per heavy atom. The Hall–Kier alpha value is -1.89. The predicted molar refractivity (Wildman–Crippen MR) is 85.4 cm³/mol. The monoisotopic (exact) mass is 334 g/mol. The number of benzene rings is 1. The van der Waals surface area contributed by atoms with Gasteiger partial charge in [-0.1, -0.05) is 0 Å². The quantitative estimate of drug-likeness (QED) is 0.784. The number of rotatable bonds is 2. The third kappa shape index (κ3) is 2.25. The van der Waals surface area contributed by atoms with Gasteiger partial charge in [-0.05, 0) is 36.1 Å². The number of carbonyl (C=O) groups excluding carboxylic acids is 2. The van der Waals surface area contributed by atoms with Gasteiger partial charge < -0.3 is 9.80 Å². The number of amides is 2. The van der Waals surface area contributed by atoms with Crippen molar-refractivity contribution in [3.8, 4) is 0 Å². The summed E-state index contributed by atoms with van der Waals surface area (Å²) in [7, 11) is -1.36. The normalized spacial score (nSPS) is 24.1. The van der Waals surface area contributed by atoms with Gasteiger partial charge in [-0.25, -0.2) is 8.42 Å². The molecule has 122 valence electrons. The highest BCUT2D eigenvalue weighted by Crippen LogP contribution is 2.38. The molecule has 1 aromatic rings. The van der Waals surface area contributed by atoms with E-state index >= 15 is 0 Å². The molecule has 0 radical (unpaired) electrons. The van der Waals surface area contributed by atoms with Gasteiger partial charge in [0.25, 0.3) is 5.91 Å². The summed E-state index contributed by atoms with van der Waals surface area (Å²) in [5.74, 6) is 0.121. The zero-order chi connectivity index (χ0) is 16.4. The number of nitrogens with zero attached hydrogens (tertiary/aromatic N) is 2. The van der Waals surface area contributed by atoms with Crippen LogP contribution in [0.4, 0.5) is 5.69 Å². The first kappa shape index (κ1) is 14.7. The van der Waals surface area contributed by atoms with Crippen LogP contribution in [0.15, 0.2) is 12.1 Å². The summed E-state index contributed by atoms with van der Waals surface area (Å²) in [6.07, 6.45) is 1.62. The molecule has 0 aliphatic carbocycles. The topological polar surface area (TPSA) is 74.8 Å². The van der Waals surface area contributed by atoms with Crippen molar-refractivity contribution in [1.82, 2.24) is 4.90 Å². The zero-order valence-corrected chi connectivity index (χ0v) is 13.7. The van der Waals surface area contributed by atoms with Crippen LogP contribution in [0.25, 0.3) is 0 Å². The van der Waals surface area contributed by atoms with Crippen LogP contribution in [-0.4, -0.2) is 56.3 Å². The fraction of sp³-hybridized carbons (Fsp3) is 0.500. The van der Waals surface area contributed by atoms with E-state index in [4.69, 9.17) is 0 Å². The summed E-state index contributed by atoms with van der Waals surface area (Å²) in [5.41, 5.74) is 3.50. The largest absolute Gasteiger partial charge is 0.338 e. The van der Waals surface area contributed by atoms with Crippen LogP contribution in [0.2, 0.25) is 0 Å². The van der Waals surface area contributed by atoms with E-state index in [0.29, 0.717) is 24.9 Å². The molecule has 23 heavy (non-hydrogen) atoms. The van der Waals surface area contributed by atoms with Crippen molar-refractivity contribution in [2.45, 2.75) is 25.3 Å². The summed E-state index contributed by atoms with van der Waals surface area (Å²) < 4.78 is 23.2. The van der Waals surface area contributed by atoms with Crippen molar-refractivity contribution in [3.63, 3.8) is 0 Å². The van der Waals surface area contributed by atoms with Crippen LogP contribution in [0.5, 0.6) is 0 Å². The first-order valence-electron chi connectivity index (χ1n) is 7.79. The Labute approximate surface area is 135 Å². The second-order valence-corrected chi connectivity index (χ2v) is 8.82. The van der Waals surface area contributed by atoms with E-state index in [9.17, 15) is 18.0 Å². The van der Waals surface area contributed by atoms with Crippen LogP contribution in [-0.2, 0) is 27.5 Å². The summed E-state index contributed by atoms with van der Waals surface area (Å²) in [4.78, 5) is 28.0. The maximum atomic E-state index is 12.7. The molecular formula is C16H18N2O4S. The Balaban J connectivity index is 1.63. The third-order valence-corrected chi connectivity index (χ3v) is 6.86. The fourth-order valence-electron chi connectivity index (χ4n) is 3.86. The second kappa shape index (κ2) is 4.80. The Kier molecular flexibility index (Phi) is 3.07. The van der Waals surface area contributed by atoms with E-state index in [-0.39, 0.29) is 29.4 Å². The highest BCUT2D eigenvalue weighted by molar-refractivity contribution is 7.91. The number of sulfone groups is 1. The second-order valence-electron chi connectivity index (χ2n) is 6.59. The van der Waals surface area contributed by atoms with Gasteiger partial charge in [0.2, 0.25) is 5.91 Å². The van der Waals surface area contributed by atoms with Gasteiger partial charge in [0, 0.05) is 25.2 Å². The Morgan fingerprint density at radius 1 is 1.30 bits per heavy atom. The average molecular weight is 334 g/mol. The van der Waals surface area contributed by atoms with E-state index in [1.807, 2.05) is 6.07 Å². The molecule has 3 heterocycles. The smallest absolute Gasteiger partial charge is 0.253 e. The minimum atomic E-state index is -3.02. The molecule has 2 amide bonds. The van der Waals surface area contributed by atoms with Crippen LogP contribution in [0, 0.1) is 0 Å². The molecule has 1 fully saturated rings. The van der Waals surface area contributed by atoms with Gasteiger partial charge in [-0.3, -0.25) is 9.59 Å². The Bertz CT molecular complexity index is 831. The lowest BCUT2D eigenvalue weighted by Gasteiger charge is -2.24. The fourth-order valence-corrected chi connectivity index (χ4v) is 5.63.